The summed E-state index contributed by atoms with van der Waals surface area (Å²) in [6, 6.07) is 3.83. The van der Waals surface area contributed by atoms with Crippen molar-refractivity contribution in [1.82, 2.24) is 4.98 Å². The van der Waals surface area contributed by atoms with Crippen molar-refractivity contribution in [2.24, 2.45) is 0 Å². The van der Waals surface area contributed by atoms with Crippen molar-refractivity contribution < 1.29 is 9.18 Å². The zero-order chi connectivity index (χ0) is 13.3. The lowest BCUT2D eigenvalue weighted by Crippen LogP contribution is -2.11. The number of halogens is 2. The fourth-order valence-electron chi connectivity index (χ4n) is 1.51. The molecule has 0 aliphatic heterocycles. The lowest BCUT2D eigenvalue weighted by molar-refractivity contribution is 0.103. The molecule has 0 aliphatic carbocycles. The Kier molecular flexibility index (Phi) is 3.63. The van der Waals surface area contributed by atoms with E-state index in [-0.39, 0.29) is 10.9 Å². The smallest absolute Gasteiger partial charge is 0.267 e. The molecule has 1 aromatic heterocycles. The van der Waals surface area contributed by atoms with Crippen LogP contribution in [0, 0.1) is 19.7 Å². The summed E-state index contributed by atoms with van der Waals surface area (Å²) < 4.78 is 12.9. The van der Waals surface area contributed by atoms with Crippen LogP contribution in [0.2, 0.25) is 5.02 Å². The number of aromatic nitrogens is 1. The Bertz CT molecular complexity index is 612. The maximum Gasteiger partial charge on any atom is 0.267 e. The Morgan fingerprint density at radius 2 is 2.17 bits per heavy atom. The van der Waals surface area contributed by atoms with E-state index in [0.717, 1.165) is 11.1 Å². The lowest BCUT2D eigenvalue weighted by Gasteiger charge is -2.06. The molecule has 1 heterocycles. The van der Waals surface area contributed by atoms with Gasteiger partial charge in [0.1, 0.15) is 10.7 Å². The number of hydrogen-bond donors (Lipinski definition) is 1. The molecule has 0 fully saturated rings. The van der Waals surface area contributed by atoms with Crippen molar-refractivity contribution in [3.05, 3.63) is 44.6 Å². The summed E-state index contributed by atoms with van der Waals surface area (Å²) in [4.78, 5) is 16.7. The molecular weight excluding hydrogens is 275 g/mol. The quantitative estimate of drug-likeness (QED) is 0.911. The van der Waals surface area contributed by atoms with E-state index in [4.69, 9.17) is 11.6 Å². The third-order valence-electron chi connectivity index (χ3n) is 2.29. The molecule has 1 N–H and O–H groups in total. The second-order valence-electron chi connectivity index (χ2n) is 3.73. The number of aryl methyl sites for hydroxylation is 2. The van der Waals surface area contributed by atoms with Gasteiger partial charge in [0.05, 0.1) is 21.4 Å². The number of nitrogens with one attached hydrogen (secondary N) is 1. The Hall–Kier alpha value is -1.46. The molecule has 0 saturated carbocycles. The number of nitrogens with zero attached hydrogens (tertiary/aromatic N) is 1. The second kappa shape index (κ2) is 5.04. The molecule has 0 atom stereocenters. The van der Waals surface area contributed by atoms with Crippen LogP contribution in [0.3, 0.4) is 0 Å². The van der Waals surface area contributed by atoms with E-state index in [9.17, 15) is 9.18 Å². The topological polar surface area (TPSA) is 42.0 Å². The van der Waals surface area contributed by atoms with Crippen LogP contribution >= 0.6 is 22.9 Å². The summed E-state index contributed by atoms with van der Waals surface area (Å²) in [5.74, 6) is -0.727. The number of carbonyl (C=O) groups excluding carboxylic acids is 1. The van der Waals surface area contributed by atoms with Crippen LogP contribution in [-0.2, 0) is 0 Å². The van der Waals surface area contributed by atoms with Gasteiger partial charge in [0.25, 0.3) is 5.91 Å². The summed E-state index contributed by atoms with van der Waals surface area (Å²) >= 11 is 7.15. The van der Waals surface area contributed by atoms with Crippen LogP contribution in [-0.4, -0.2) is 10.9 Å². The molecule has 2 aromatic rings. The Balaban J connectivity index is 2.24. The predicted molar refractivity (Wildman–Crippen MR) is 71.0 cm³/mol. The van der Waals surface area contributed by atoms with E-state index in [2.05, 4.69) is 10.3 Å². The highest BCUT2D eigenvalue weighted by Gasteiger charge is 2.15. The maximum atomic E-state index is 12.9. The molecule has 0 bridgehead atoms. The molecule has 18 heavy (non-hydrogen) atoms. The Labute approximate surface area is 113 Å². The van der Waals surface area contributed by atoms with Crippen molar-refractivity contribution in [2.45, 2.75) is 13.8 Å². The molecule has 1 amide bonds. The molecule has 0 spiro atoms. The van der Waals surface area contributed by atoms with Crippen LogP contribution in [0.5, 0.6) is 0 Å². The first-order chi connectivity index (χ1) is 8.47. The number of thiazole rings is 1. The minimum Gasteiger partial charge on any atom is -0.320 e. The van der Waals surface area contributed by atoms with Gasteiger partial charge < -0.3 is 5.32 Å². The lowest BCUT2D eigenvalue weighted by atomic mass is 10.3. The van der Waals surface area contributed by atoms with Gasteiger partial charge in [-0.15, -0.1) is 11.3 Å². The van der Waals surface area contributed by atoms with Gasteiger partial charge in [-0.25, -0.2) is 9.37 Å². The number of rotatable bonds is 2. The zero-order valence-corrected chi connectivity index (χ0v) is 11.3. The summed E-state index contributed by atoms with van der Waals surface area (Å²) in [5, 5.41) is 3.63. The largest absolute Gasteiger partial charge is 0.320 e. The molecular formula is C12H10ClFN2OS. The number of benzene rings is 1. The fraction of sp³-hybridized carbons (Fsp3) is 0.167. The number of anilines is 1. The monoisotopic (exact) mass is 284 g/mol. The van der Waals surface area contributed by atoms with Gasteiger partial charge in [-0.05, 0) is 32.0 Å². The predicted octanol–water partition coefficient (Wildman–Crippen LogP) is 3.80. The van der Waals surface area contributed by atoms with Gasteiger partial charge in [-0.3, -0.25) is 4.79 Å². The molecule has 0 radical (unpaired) electrons. The summed E-state index contributed by atoms with van der Waals surface area (Å²) in [6.07, 6.45) is 0. The van der Waals surface area contributed by atoms with Crippen LogP contribution in [0.25, 0.3) is 0 Å². The first kappa shape index (κ1) is 13.0. The molecule has 6 heteroatoms. The minimum absolute atomic E-state index is 0.169. The standard InChI is InChI=1S/C12H10ClFN2OS/c1-6-11(18-7(2)15-6)12(17)16-10-4-3-8(14)5-9(10)13/h3-5H,1-2H3,(H,16,17). The van der Waals surface area contributed by atoms with Crippen molar-refractivity contribution in [2.75, 3.05) is 5.32 Å². The van der Waals surface area contributed by atoms with Crippen LogP contribution in [0.4, 0.5) is 10.1 Å². The maximum absolute atomic E-state index is 12.9. The first-order valence-corrected chi connectivity index (χ1v) is 6.37. The van der Waals surface area contributed by atoms with Gasteiger partial charge in [-0.1, -0.05) is 11.6 Å². The van der Waals surface area contributed by atoms with E-state index in [1.54, 1.807) is 6.92 Å². The van der Waals surface area contributed by atoms with Crippen molar-refractivity contribution >= 4 is 34.5 Å². The van der Waals surface area contributed by atoms with Crippen LogP contribution in [0.15, 0.2) is 18.2 Å². The highest BCUT2D eigenvalue weighted by molar-refractivity contribution is 7.13. The van der Waals surface area contributed by atoms with E-state index >= 15 is 0 Å². The summed E-state index contributed by atoms with van der Waals surface area (Å²) in [6.45, 7) is 3.60. The van der Waals surface area contributed by atoms with Crippen LogP contribution < -0.4 is 5.32 Å². The SMILES string of the molecule is Cc1nc(C)c(C(=O)Nc2ccc(F)cc2Cl)s1. The van der Waals surface area contributed by atoms with E-state index in [1.165, 1.54) is 23.5 Å². The Morgan fingerprint density at radius 1 is 1.44 bits per heavy atom. The molecule has 1 aromatic carbocycles. The summed E-state index contributed by atoms with van der Waals surface area (Å²) in [7, 11) is 0. The highest BCUT2D eigenvalue weighted by atomic mass is 35.5. The molecule has 2 rings (SSSR count). The van der Waals surface area contributed by atoms with Gasteiger partial charge in [0, 0.05) is 0 Å². The number of carbonyl (C=O) groups is 1. The molecule has 0 unspecified atom stereocenters. The van der Waals surface area contributed by atoms with Crippen molar-refractivity contribution in [1.29, 1.82) is 0 Å². The van der Waals surface area contributed by atoms with Gasteiger partial charge in [0.2, 0.25) is 0 Å². The van der Waals surface area contributed by atoms with Gasteiger partial charge in [0.15, 0.2) is 0 Å². The first-order valence-electron chi connectivity index (χ1n) is 5.18. The highest BCUT2D eigenvalue weighted by Crippen LogP contribution is 2.24. The molecule has 94 valence electrons. The third-order valence-corrected chi connectivity index (χ3v) is 3.67. The number of amides is 1. The number of hydrogen-bond acceptors (Lipinski definition) is 3. The summed E-state index contributed by atoms with van der Waals surface area (Å²) in [5.41, 5.74) is 1.06. The molecule has 0 saturated heterocycles. The van der Waals surface area contributed by atoms with E-state index in [1.807, 2.05) is 6.92 Å². The van der Waals surface area contributed by atoms with Crippen LogP contribution in [0.1, 0.15) is 20.4 Å². The molecule has 0 aliphatic rings. The van der Waals surface area contributed by atoms with Crippen molar-refractivity contribution in [3.63, 3.8) is 0 Å². The second-order valence-corrected chi connectivity index (χ2v) is 5.34. The average Bonchev–Trinajstić information content (AvgIpc) is 2.62. The fourth-order valence-corrected chi connectivity index (χ4v) is 2.54. The molecule has 3 nitrogen and oxygen atoms in total. The Morgan fingerprint density at radius 3 is 2.72 bits per heavy atom. The van der Waals surface area contributed by atoms with E-state index in [0.29, 0.717) is 16.3 Å². The zero-order valence-electron chi connectivity index (χ0n) is 9.75. The minimum atomic E-state index is -0.442. The normalized spacial score (nSPS) is 10.4. The van der Waals surface area contributed by atoms with Gasteiger partial charge in [-0.2, -0.15) is 0 Å². The third kappa shape index (κ3) is 2.68. The van der Waals surface area contributed by atoms with Crippen molar-refractivity contribution in [3.8, 4) is 0 Å². The van der Waals surface area contributed by atoms with E-state index < -0.39 is 5.82 Å². The average molecular weight is 285 g/mol. The van der Waals surface area contributed by atoms with Gasteiger partial charge >= 0.3 is 0 Å².